The van der Waals surface area contributed by atoms with Crippen LogP contribution in [0.15, 0.2) is 42.5 Å². The van der Waals surface area contributed by atoms with E-state index < -0.39 is 0 Å². The molecule has 4 rings (SSSR count). The van der Waals surface area contributed by atoms with E-state index in [1.54, 1.807) is 7.11 Å². The Morgan fingerprint density at radius 2 is 2.04 bits per heavy atom. The normalized spacial score (nSPS) is 21.9. The van der Waals surface area contributed by atoms with Crippen LogP contribution in [0.3, 0.4) is 0 Å². The zero-order valence-electron chi connectivity index (χ0n) is 13.3. The van der Waals surface area contributed by atoms with E-state index in [4.69, 9.17) is 16.5 Å². The molecule has 1 amide bonds. The lowest BCUT2D eigenvalue weighted by Crippen LogP contribution is -2.49. The second kappa shape index (κ2) is 6.00. The van der Waals surface area contributed by atoms with Crippen LogP contribution in [0.1, 0.15) is 40.1 Å². The van der Waals surface area contributed by atoms with Crippen LogP contribution in [0.2, 0.25) is 0 Å². The molecule has 0 radical (unpaired) electrons. The number of nitrogens with one attached hydrogen (secondary N) is 2. The van der Waals surface area contributed by atoms with Crippen molar-refractivity contribution in [3.05, 3.63) is 59.2 Å². The van der Waals surface area contributed by atoms with Gasteiger partial charge in [0, 0.05) is 6.54 Å². The number of rotatable bonds is 3. The highest BCUT2D eigenvalue weighted by molar-refractivity contribution is 6.13. The van der Waals surface area contributed by atoms with E-state index in [1.807, 2.05) is 42.5 Å². The van der Waals surface area contributed by atoms with Gasteiger partial charge in [0.25, 0.3) is 5.91 Å². The number of carbonyl (C=O) groups excluding carboxylic acids is 1. The lowest BCUT2D eigenvalue weighted by molar-refractivity contribution is 0.0925. The van der Waals surface area contributed by atoms with E-state index >= 15 is 0 Å². The molecule has 0 saturated heterocycles. The number of hydrogen-bond donors (Lipinski definition) is 2. The fraction of sp³-hybridized carbons (Fsp3) is 0.278. The number of methoxy groups -OCH3 is 1. The number of hydrogen-bond acceptors (Lipinski definition) is 4. The van der Waals surface area contributed by atoms with Crippen molar-refractivity contribution in [3.8, 4) is 5.75 Å². The molecule has 0 spiro atoms. The number of amides is 1. The molecule has 2 atom stereocenters. The van der Waals surface area contributed by atoms with Gasteiger partial charge in [0.15, 0.2) is 0 Å². The van der Waals surface area contributed by atoms with Crippen molar-refractivity contribution in [1.82, 2.24) is 10.2 Å². The molecule has 0 aliphatic carbocycles. The summed E-state index contributed by atoms with van der Waals surface area (Å²) in [6.07, 6.45) is 0.691. The van der Waals surface area contributed by atoms with Crippen molar-refractivity contribution >= 4 is 23.4 Å². The van der Waals surface area contributed by atoms with Crippen LogP contribution in [0.25, 0.3) is 0 Å². The Balaban J connectivity index is 1.79. The van der Waals surface area contributed by atoms with Crippen molar-refractivity contribution in [2.45, 2.75) is 18.6 Å². The van der Waals surface area contributed by atoms with Crippen LogP contribution in [-0.2, 0) is 0 Å². The smallest absolute Gasteiger partial charge is 0.255 e. The minimum Gasteiger partial charge on any atom is -0.497 e. The van der Waals surface area contributed by atoms with Gasteiger partial charge in [-0.2, -0.15) is 0 Å². The third kappa shape index (κ3) is 2.32. The predicted octanol–water partition coefficient (Wildman–Crippen LogP) is 3.13. The van der Waals surface area contributed by atoms with Gasteiger partial charge in [-0.1, -0.05) is 24.3 Å². The summed E-state index contributed by atoms with van der Waals surface area (Å²) in [7, 11) is 1.64. The SMILES string of the molecule is COc1ccc([C@H]2NC(=O)c3cccc4c3N2CC[C@@H]4NCl)cc1. The number of carbonyl (C=O) groups is 1. The highest BCUT2D eigenvalue weighted by Crippen LogP contribution is 2.43. The zero-order chi connectivity index (χ0) is 16.7. The van der Waals surface area contributed by atoms with Crippen molar-refractivity contribution < 1.29 is 9.53 Å². The predicted molar refractivity (Wildman–Crippen MR) is 93.3 cm³/mol. The highest BCUT2D eigenvalue weighted by Gasteiger charge is 2.37. The summed E-state index contributed by atoms with van der Waals surface area (Å²) in [5, 5.41) is 3.11. The Bertz CT molecular complexity index is 778. The molecule has 2 N–H and O–H groups in total. The Morgan fingerprint density at radius 3 is 2.75 bits per heavy atom. The van der Waals surface area contributed by atoms with Gasteiger partial charge in [-0.05, 0) is 47.5 Å². The van der Waals surface area contributed by atoms with Gasteiger partial charge in [0.2, 0.25) is 0 Å². The Labute approximate surface area is 145 Å². The van der Waals surface area contributed by atoms with Gasteiger partial charge in [-0.3, -0.25) is 4.79 Å². The lowest BCUT2D eigenvalue weighted by atomic mass is 9.90. The van der Waals surface area contributed by atoms with Gasteiger partial charge in [0.05, 0.1) is 24.4 Å². The third-order valence-electron chi connectivity index (χ3n) is 4.78. The van der Waals surface area contributed by atoms with E-state index in [-0.39, 0.29) is 18.1 Å². The molecule has 2 aromatic carbocycles. The first-order valence-electron chi connectivity index (χ1n) is 7.93. The second-order valence-electron chi connectivity index (χ2n) is 6.04. The summed E-state index contributed by atoms with van der Waals surface area (Å²) >= 11 is 5.91. The van der Waals surface area contributed by atoms with Crippen LogP contribution in [-0.4, -0.2) is 19.6 Å². The molecule has 0 aromatic heterocycles. The molecule has 2 heterocycles. The van der Waals surface area contributed by atoms with Crippen LogP contribution < -0.4 is 19.8 Å². The fourth-order valence-electron chi connectivity index (χ4n) is 3.58. The van der Waals surface area contributed by atoms with Gasteiger partial charge in [-0.25, -0.2) is 4.84 Å². The van der Waals surface area contributed by atoms with E-state index in [0.717, 1.165) is 35.5 Å². The van der Waals surface area contributed by atoms with Crippen LogP contribution in [0.5, 0.6) is 5.75 Å². The van der Waals surface area contributed by atoms with Gasteiger partial charge < -0.3 is 15.0 Å². The zero-order valence-corrected chi connectivity index (χ0v) is 14.0. The molecule has 24 heavy (non-hydrogen) atoms. The standard InChI is InChI=1S/C18H18ClN3O2/c1-24-12-7-5-11(6-8-12)17-20-18(23)14-4-2-3-13-15(21-19)9-10-22(17)16(13)14/h2-8,15,17,21H,9-10H2,1H3,(H,20,23)/t15-,17-/m0/s1. The molecule has 2 aliphatic heterocycles. The topological polar surface area (TPSA) is 53.6 Å². The van der Waals surface area contributed by atoms with E-state index in [1.165, 1.54) is 0 Å². The average Bonchev–Trinajstić information content (AvgIpc) is 2.64. The molecule has 0 unspecified atom stereocenters. The van der Waals surface area contributed by atoms with Crippen LogP contribution in [0, 0.1) is 0 Å². The van der Waals surface area contributed by atoms with E-state index in [2.05, 4.69) is 15.1 Å². The van der Waals surface area contributed by atoms with Crippen LogP contribution >= 0.6 is 11.8 Å². The number of anilines is 1. The summed E-state index contributed by atoms with van der Waals surface area (Å²) in [5.74, 6) is 0.742. The Hall–Kier alpha value is -2.24. The monoisotopic (exact) mass is 343 g/mol. The molecule has 0 saturated carbocycles. The minimum absolute atomic E-state index is 0.0558. The largest absolute Gasteiger partial charge is 0.497 e. The summed E-state index contributed by atoms with van der Waals surface area (Å²) in [6, 6.07) is 13.7. The van der Waals surface area contributed by atoms with E-state index in [9.17, 15) is 4.79 Å². The molecule has 5 nitrogen and oxygen atoms in total. The molecular weight excluding hydrogens is 326 g/mol. The molecule has 0 bridgehead atoms. The number of halogens is 1. The highest BCUT2D eigenvalue weighted by atomic mass is 35.5. The summed E-state index contributed by atoms with van der Waals surface area (Å²) in [4.78, 5) is 17.7. The second-order valence-corrected chi connectivity index (χ2v) is 6.25. The quantitative estimate of drug-likeness (QED) is 0.841. The molecular formula is C18H18ClN3O2. The molecule has 6 heteroatoms. The first-order chi connectivity index (χ1) is 11.7. The van der Waals surface area contributed by atoms with E-state index in [0.29, 0.717) is 5.56 Å². The van der Waals surface area contributed by atoms with Crippen molar-refractivity contribution in [3.63, 3.8) is 0 Å². The van der Waals surface area contributed by atoms with Crippen LogP contribution in [0.4, 0.5) is 5.69 Å². The first-order valence-corrected chi connectivity index (χ1v) is 8.31. The summed E-state index contributed by atoms with van der Waals surface area (Å²) in [6.45, 7) is 0.811. The average molecular weight is 344 g/mol. The molecule has 2 aliphatic rings. The van der Waals surface area contributed by atoms with Crippen molar-refractivity contribution in [2.24, 2.45) is 0 Å². The Kier molecular flexibility index (Phi) is 3.82. The molecule has 2 aromatic rings. The number of ether oxygens (including phenoxy) is 1. The Morgan fingerprint density at radius 1 is 1.25 bits per heavy atom. The fourth-order valence-corrected chi connectivity index (χ4v) is 3.81. The lowest BCUT2D eigenvalue weighted by Gasteiger charge is -2.44. The summed E-state index contributed by atoms with van der Waals surface area (Å²) < 4.78 is 5.22. The van der Waals surface area contributed by atoms with Crippen molar-refractivity contribution in [2.75, 3.05) is 18.6 Å². The maximum Gasteiger partial charge on any atom is 0.255 e. The first kappa shape index (κ1) is 15.3. The van der Waals surface area contributed by atoms with Gasteiger partial charge >= 0.3 is 0 Å². The summed E-state index contributed by atoms with van der Waals surface area (Å²) in [5.41, 5.74) is 3.78. The number of para-hydroxylation sites is 1. The number of benzene rings is 2. The molecule has 124 valence electrons. The van der Waals surface area contributed by atoms with Gasteiger partial charge in [0.1, 0.15) is 11.9 Å². The van der Waals surface area contributed by atoms with Gasteiger partial charge in [-0.15, -0.1) is 0 Å². The minimum atomic E-state index is -0.187. The number of nitrogens with zero attached hydrogens (tertiary/aromatic N) is 1. The van der Waals surface area contributed by atoms with Crippen molar-refractivity contribution in [1.29, 1.82) is 0 Å². The maximum absolute atomic E-state index is 12.6. The molecule has 0 fully saturated rings. The third-order valence-corrected chi connectivity index (χ3v) is 5.04. The maximum atomic E-state index is 12.6.